The molecular formula is C31H36BrFN2O2. The lowest BCUT2D eigenvalue weighted by Crippen LogP contribution is -3.00. The Balaban J connectivity index is 0.00000320. The van der Waals surface area contributed by atoms with Gasteiger partial charge in [-0.1, -0.05) is 54.6 Å². The quantitative estimate of drug-likeness (QED) is 0.390. The van der Waals surface area contributed by atoms with E-state index >= 15 is 0 Å². The number of amides is 1. The van der Waals surface area contributed by atoms with Crippen molar-refractivity contribution in [3.63, 3.8) is 0 Å². The molecule has 0 spiro atoms. The molecule has 0 N–H and O–H groups in total. The normalized spacial score (nSPS) is 22.2. The van der Waals surface area contributed by atoms with Crippen LogP contribution in [-0.2, 0) is 17.7 Å². The summed E-state index contributed by atoms with van der Waals surface area (Å²) in [5.41, 5.74) is 4.14. The van der Waals surface area contributed by atoms with Crippen molar-refractivity contribution in [2.24, 2.45) is 5.92 Å². The highest BCUT2D eigenvalue weighted by atomic mass is 79.9. The fourth-order valence-electron chi connectivity index (χ4n) is 5.95. The molecule has 3 aliphatic heterocycles. The Morgan fingerprint density at radius 2 is 1.70 bits per heavy atom. The molecule has 37 heavy (non-hydrogen) atoms. The van der Waals surface area contributed by atoms with Crippen LogP contribution in [0.15, 0.2) is 78.9 Å². The molecule has 6 heteroatoms. The zero-order chi connectivity index (χ0) is 25.0. The van der Waals surface area contributed by atoms with Crippen LogP contribution in [0.5, 0.6) is 0 Å². The van der Waals surface area contributed by atoms with Crippen molar-refractivity contribution in [3.05, 3.63) is 101 Å². The third-order valence-corrected chi connectivity index (χ3v) is 8.02. The van der Waals surface area contributed by atoms with E-state index in [1.807, 2.05) is 31.2 Å². The third-order valence-electron chi connectivity index (χ3n) is 8.02. The van der Waals surface area contributed by atoms with E-state index in [1.54, 1.807) is 17.0 Å². The van der Waals surface area contributed by atoms with Crippen molar-refractivity contribution in [1.29, 1.82) is 0 Å². The summed E-state index contributed by atoms with van der Waals surface area (Å²) >= 11 is 0. The first kappa shape index (κ1) is 27.3. The second-order valence-electron chi connectivity index (χ2n) is 10.6. The van der Waals surface area contributed by atoms with E-state index in [0.29, 0.717) is 12.5 Å². The molecule has 0 aliphatic carbocycles. The van der Waals surface area contributed by atoms with Gasteiger partial charge in [0.05, 0.1) is 26.2 Å². The van der Waals surface area contributed by atoms with Gasteiger partial charge in [0.15, 0.2) is 6.10 Å². The predicted molar refractivity (Wildman–Crippen MR) is 141 cm³/mol. The number of hydrogen-bond acceptors (Lipinski definition) is 2. The number of carbonyl (C=O) groups excluding carboxylic acids is 1. The number of fused-ring (bicyclic) bond motifs is 3. The zero-order valence-electron chi connectivity index (χ0n) is 21.5. The minimum Gasteiger partial charge on any atom is -1.00 e. The van der Waals surface area contributed by atoms with E-state index in [-0.39, 0.29) is 35.0 Å². The lowest BCUT2D eigenvalue weighted by Gasteiger charge is -2.52. The standard InChI is InChI=1S/C31H36FN2O2.BrH/c1-24-7-5-11-29(21-24)33(22-26-12-14-28(32)15-13-26)31(35)36-30-23-34(19-16-27(30)17-20-34)18-6-10-25-8-3-2-4-9-25;/h2-5,7-9,11-15,21,27,30H,6,10,16-20,22-23H2,1H3;1H/q+1;/p-1/t27?,30-,34?;/m0./s1. The van der Waals surface area contributed by atoms with Crippen LogP contribution in [0, 0.1) is 18.7 Å². The Morgan fingerprint density at radius 1 is 0.973 bits per heavy atom. The van der Waals surface area contributed by atoms with Gasteiger partial charge >= 0.3 is 6.09 Å². The summed E-state index contributed by atoms with van der Waals surface area (Å²) < 4.78 is 20.8. The first-order chi connectivity index (χ1) is 17.5. The summed E-state index contributed by atoms with van der Waals surface area (Å²) in [4.78, 5) is 15.3. The van der Waals surface area contributed by atoms with Crippen molar-refractivity contribution in [3.8, 4) is 0 Å². The minimum atomic E-state index is -0.314. The van der Waals surface area contributed by atoms with E-state index in [1.165, 1.54) is 30.8 Å². The molecule has 3 aromatic rings. The van der Waals surface area contributed by atoms with Gasteiger partial charge in [0.25, 0.3) is 0 Å². The van der Waals surface area contributed by atoms with Gasteiger partial charge in [-0.2, -0.15) is 0 Å². The van der Waals surface area contributed by atoms with Crippen molar-refractivity contribution < 1.29 is 35.4 Å². The van der Waals surface area contributed by atoms with Crippen LogP contribution in [0.25, 0.3) is 0 Å². The number of hydrogen-bond donors (Lipinski definition) is 0. The molecule has 0 unspecified atom stereocenters. The molecule has 3 saturated heterocycles. The topological polar surface area (TPSA) is 29.5 Å². The fraction of sp³-hybridized carbons (Fsp3) is 0.387. The summed E-state index contributed by atoms with van der Waals surface area (Å²) in [5, 5.41) is 0. The monoisotopic (exact) mass is 566 g/mol. The Kier molecular flexibility index (Phi) is 9.04. The molecule has 3 aromatic carbocycles. The molecule has 3 fully saturated rings. The number of benzene rings is 3. The summed E-state index contributed by atoms with van der Waals surface area (Å²) in [6.07, 6.45) is 4.10. The number of carbonyl (C=O) groups is 1. The summed E-state index contributed by atoms with van der Waals surface area (Å²) in [6.45, 7) is 6.77. The smallest absolute Gasteiger partial charge is 0.415 e. The van der Waals surface area contributed by atoms with Crippen LogP contribution in [-0.4, -0.2) is 42.9 Å². The Labute approximate surface area is 230 Å². The number of aryl methyl sites for hydroxylation is 2. The summed E-state index contributed by atoms with van der Waals surface area (Å²) in [7, 11) is 0. The van der Waals surface area contributed by atoms with Gasteiger partial charge in [-0.15, -0.1) is 0 Å². The highest BCUT2D eigenvalue weighted by Gasteiger charge is 2.47. The van der Waals surface area contributed by atoms with E-state index in [4.69, 9.17) is 4.74 Å². The van der Waals surface area contributed by atoms with Gasteiger partial charge in [-0.25, -0.2) is 9.18 Å². The number of nitrogens with zero attached hydrogens (tertiary/aromatic N) is 2. The summed E-state index contributed by atoms with van der Waals surface area (Å²) in [6, 6.07) is 24.9. The summed E-state index contributed by atoms with van der Waals surface area (Å²) in [5.74, 6) is 0.158. The van der Waals surface area contributed by atoms with Crippen LogP contribution in [0.4, 0.5) is 14.9 Å². The van der Waals surface area contributed by atoms with Gasteiger partial charge in [0.2, 0.25) is 0 Å². The van der Waals surface area contributed by atoms with Crippen molar-refractivity contribution >= 4 is 11.8 Å². The van der Waals surface area contributed by atoms with Gasteiger partial charge < -0.3 is 26.2 Å². The average molecular weight is 568 g/mol. The van der Waals surface area contributed by atoms with Crippen LogP contribution in [0.3, 0.4) is 0 Å². The minimum absolute atomic E-state index is 0. The average Bonchev–Trinajstić information content (AvgIpc) is 2.89. The van der Waals surface area contributed by atoms with E-state index in [9.17, 15) is 9.18 Å². The molecule has 6 rings (SSSR count). The molecular weight excluding hydrogens is 531 g/mol. The maximum atomic E-state index is 13.6. The second-order valence-corrected chi connectivity index (χ2v) is 10.6. The molecule has 0 radical (unpaired) electrons. The number of halogens is 2. The lowest BCUT2D eigenvalue weighted by atomic mass is 9.83. The van der Waals surface area contributed by atoms with Crippen LogP contribution >= 0.6 is 0 Å². The maximum absolute atomic E-state index is 13.6. The molecule has 0 saturated carbocycles. The second kappa shape index (κ2) is 12.2. The molecule has 1 atom stereocenters. The van der Waals surface area contributed by atoms with Crippen LogP contribution in [0.2, 0.25) is 0 Å². The molecule has 3 aliphatic rings. The molecule has 1 amide bonds. The van der Waals surface area contributed by atoms with Gasteiger partial charge in [-0.3, -0.25) is 4.90 Å². The molecule has 196 valence electrons. The SMILES string of the molecule is Cc1cccc(N(Cc2ccc(F)cc2)C(=O)O[C@H]2C[N+]3(CCCc4ccccc4)CCC2CC3)c1.[Br-]. The Morgan fingerprint density at radius 3 is 2.41 bits per heavy atom. The first-order valence-corrected chi connectivity index (χ1v) is 13.2. The van der Waals surface area contributed by atoms with Crippen molar-refractivity contribution in [1.82, 2.24) is 0 Å². The van der Waals surface area contributed by atoms with Crippen molar-refractivity contribution in [2.75, 3.05) is 31.1 Å². The van der Waals surface area contributed by atoms with E-state index in [2.05, 4.69) is 30.3 Å². The fourth-order valence-corrected chi connectivity index (χ4v) is 5.95. The number of quaternary nitrogens is 1. The molecule has 4 nitrogen and oxygen atoms in total. The zero-order valence-corrected chi connectivity index (χ0v) is 23.1. The molecule has 3 heterocycles. The van der Waals surface area contributed by atoms with Gasteiger partial charge in [0, 0.05) is 30.9 Å². The third kappa shape index (κ3) is 6.79. The van der Waals surface area contributed by atoms with Crippen LogP contribution in [0.1, 0.15) is 36.0 Å². The molecule has 0 aromatic heterocycles. The number of ether oxygens (including phenoxy) is 1. The highest BCUT2D eigenvalue weighted by molar-refractivity contribution is 5.87. The lowest BCUT2D eigenvalue weighted by molar-refractivity contribution is -0.946. The predicted octanol–water partition coefficient (Wildman–Crippen LogP) is 3.52. The molecule has 2 bridgehead atoms. The maximum Gasteiger partial charge on any atom is 0.415 e. The number of piperidine rings is 3. The van der Waals surface area contributed by atoms with Crippen molar-refractivity contribution in [2.45, 2.75) is 45.3 Å². The van der Waals surface area contributed by atoms with Gasteiger partial charge in [0.1, 0.15) is 12.4 Å². The Hall–Kier alpha value is -2.70. The van der Waals surface area contributed by atoms with E-state index < -0.39 is 0 Å². The van der Waals surface area contributed by atoms with Gasteiger partial charge in [-0.05, 0) is 54.3 Å². The largest absolute Gasteiger partial charge is 1.00 e. The van der Waals surface area contributed by atoms with E-state index in [0.717, 1.165) is 60.1 Å². The number of anilines is 1. The highest BCUT2D eigenvalue weighted by Crippen LogP contribution is 2.36. The number of rotatable bonds is 8. The Bertz CT molecular complexity index is 1160. The van der Waals surface area contributed by atoms with Crippen LogP contribution < -0.4 is 21.9 Å². The first-order valence-electron chi connectivity index (χ1n) is 13.2.